The minimum Gasteiger partial charge on any atom is -0.357 e. The fourth-order valence-electron chi connectivity index (χ4n) is 3.11. The van der Waals surface area contributed by atoms with Crippen LogP contribution >= 0.6 is 11.3 Å². The second kappa shape index (κ2) is 8.96. The maximum Gasteiger partial charge on any atom is 0.121 e. The number of likely N-dealkylation sites (tertiary alicyclic amines) is 1. The Hall–Kier alpha value is -2.46. The van der Waals surface area contributed by atoms with Crippen LogP contribution in [0.1, 0.15) is 43.2 Å². The zero-order valence-corrected chi connectivity index (χ0v) is 16.9. The lowest BCUT2D eigenvalue weighted by molar-refractivity contribution is 0.425. The quantitative estimate of drug-likeness (QED) is 0.398. The van der Waals surface area contributed by atoms with Gasteiger partial charge in [0.25, 0.3) is 0 Å². The number of nitrogens with zero attached hydrogens (tertiary/aromatic N) is 3. The summed E-state index contributed by atoms with van der Waals surface area (Å²) in [7, 11) is 0. The Bertz CT molecular complexity index is 911. The molecule has 0 radical (unpaired) electrons. The highest BCUT2D eigenvalue weighted by Gasteiger charge is 2.12. The van der Waals surface area contributed by atoms with E-state index in [0.29, 0.717) is 0 Å². The van der Waals surface area contributed by atoms with E-state index in [2.05, 4.69) is 60.8 Å². The molecular formula is C23H27N3S. The molecule has 3 rings (SSSR count). The average molecular weight is 378 g/mol. The summed E-state index contributed by atoms with van der Waals surface area (Å²) in [5, 5.41) is 0. The van der Waals surface area contributed by atoms with E-state index in [9.17, 15) is 0 Å². The van der Waals surface area contributed by atoms with Crippen molar-refractivity contribution in [2.75, 3.05) is 13.1 Å². The zero-order valence-electron chi connectivity index (χ0n) is 16.1. The molecule has 0 aliphatic carbocycles. The van der Waals surface area contributed by atoms with Gasteiger partial charge in [0.1, 0.15) is 5.82 Å². The first-order valence-electron chi connectivity index (χ1n) is 9.53. The number of thiophene rings is 1. The summed E-state index contributed by atoms with van der Waals surface area (Å²) in [5.41, 5.74) is 3.95. The van der Waals surface area contributed by atoms with Crippen LogP contribution in [0.15, 0.2) is 60.9 Å². The summed E-state index contributed by atoms with van der Waals surface area (Å²) in [4.78, 5) is 12.6. The molecule has 0 amide bonds. The van der Waals surface area contributed by atoms with Crippen LogP contribution in [0, 0.1) is 0 Å². The predicted octanol–water partition coefficient (Wildman–Crippen LogP) is 6.32. The van der Waals surface area contributed by atoms with E-state index in [0.717, 1.165) is 63.7 Å². The van der Waals surface area contributed by atoms with Crippen LogP contribution in [0.4, 0.5) is 0 Å². The maximum absolute atomic E-state index is 4.82. The highest BCUT2D eigenvalue weighted by molar-refractivity contribution is 7.20. The first kappa shape index (κ1) is 19.3. The molecule has 140 valence electrons. The Morgan fingerprint density at radius 1 is 1.30 bits per heavy atom. The molecule has 1 aliphatic heterocycles. The van der Waals surface area contributed by atoms with Gasteiger partial charge in [-0.1, -0.05) is 45.2 Å². The first-order valence-corrected chi connectivity index (χ1v) is 10.3. The molecule has 0 atom stereocenters. The normalized spacial score (nSPS) is 15.0. The van der Waals surface area contributed by atoms with Crippen molar-refractivity contribution in [1.29, 1.82) is 0 Å². The van der Waals surface area contributed by atoms with Crippen LogP contribution < -0.4 is 0 Å². The SMILES string of the molecule is C=C/C(=C\CCC)c1ccc2sc(C(=C)C=NC(=C)N3CCCC3)cc2n1. The molecule has 27 heavy (non-hydrogen) atoms. The topological polar surface area (TPSA) is 28.5 Å². The number of rotatable bonds is 8. The molecule has 0 unspecified atom stereocenters. The van der Waals surface area contributed by atoms with Crippen molar-refractivity contribution in [1.82, 2.24) is 9.88 Å². The fraction of sp³-hybridized carbons (Fsp3) is 0.304. The molecule has 0 bridgehead atoms. The van der Waals surface area contributed by atoms with Gasteiger partial charge in [-0.15, -0.1) is 11.3 Å². The Morgan fingerprint density at radius 3 is 2.78 bits per heavy atom. The fourth-order valence-corrected chi connectivity index (χ4v) is 4.04. The van der Waals surface area contributed by atoms with E-state index in [4.69, 9.17) is 4.98 Å². The summed E-state index contributed by atoms with van der Waals surface area (Å²) in [6.45, 7) is 16.5. The molecule has 1 fully saturated rings. The van der Waals surface area contributed by atoms with Crippen LogP contribution in [-0.2, 0) is 0 Å². The van der Waals surface area contributed by atoms with E-state index in [1.165, 1.54) is 12.8 Å². The van der Waals surface area contributed by atoms with Crippen molar-refractivity contribution in [3.8, 4) is 0 Å². The third kappa shape index (κ3) is 4.64. The van der Waals surface area contributed by atoms with Crippen molar-refractivity contribution in [2.45, 2.75) is 32.6 Å². The van der Waals surface area contributed by atoms with Crippen LogP contribution in [0.5, 0.6) is 0 Å². The Morgan fingerprint density at radius 2 is 2.07 bits per heavy atom. The van der Waals surface area contributed by atoms with Crippen molar-refractivity contribution in [3.05, 3.63) is 66.5 Å². The maximum atomic E-state index is 4.82. The smallest absolute Gasteiger partial charge is 0.121 e. The van der Waals surface area contributed by atoms with E-state index in [1.54, 1.807) is 11.3 Å². The number of allylic oxidation sites excluding steroid dienone is 4. The number of hydrogen-bond acceptors (Lipinski definition) is 4. The van der Waals surface area contributed by atoms with Gasteiger partial charge in [0.15, 0.2) is 0 Å². The number of fused-ring (bicyclic) bond motifs is 1. The number of aliphatic imine (C=N–C) groups is 1. The Labute approximate surface area is 166 Å². The molecular weight excluding hydrogens is 350 g/mol. The predicted molar refractivity (Wildman–Crippen MR) is 120 cm³/mol. The summed E-state index contributed by atoms with van der Waals surface area (Å²) >= 11 is 1.69. The summed E-state index contributed by atoms with van der Waals surface area (Å²) in [6, 6.07) is 6.29. The molecule has 0 N–H and O–H groups in total. The van der Waals surface area contributed by atoms with Gasteiger partial charge in [-0.3, -0.25) is 0 Å². The molecule has 0 spiro atoms. The average Bonchev–Trinajstić information content (AvgIpc) is 3.35. The highest BCUT2D eigenvalue weighted by Crippen LogP contribution is 2.30. The van der Waals surface area contributed by atoms with Crippen molar-refractivity contribution >= 4 is 38.9 Å². The minimum atomic E-state index is 0.826. The second-order valence-corrected chi connectivity index (χ2v) is 7.82. The molecule has 3 heterocycles. The van der Waals surface area contributed by atoms with Crippen LogP contribution in [0.2, 0.25) is 0 Å². The molecule has 2 aromatic heterocycles. The number of aromatic nitrogens is 1. The van der Waals surface area contributed by atoms with Gasteiger partial charge in [0.05, 0.1) is 15.9 Å². The van der Waals surface area contributed by atoms with E-state index >= 15 is 0 Å². The summed E-state index contributed by atoms with van der Waals surface area (Å²) < 4.78 is 1.15. The lowest BCUT2D eigenvalue weighted by Gasteiger charge is -2.15. The first-order chi connectivity index (χ1) is 13.1. The van der Waals surface area contributed by atoms with Crippen molar-refractivity contribution < 1.29 is 0 Å². The summed E-state index contributed by atoms with van der Waals surface area (Å²) in [5.74, 6) is 0.826. The van der Waals surface area contributed by atoms with Crippen molar-refractivity contribution in [3.63, 3.8) is 0 Å². The molecule has 0 saturated carbocycles. The van der Waals surface area contributed by atoms with Gasteiger partial charge in [-0.25, -0.2) is 9.98 Å². The third-order valence-electron chi connectivity index (χ3n) is 4.70. The van der Waals surface area contributed by atoms with Gasteiger partial charge in [0, 0.05) is 29.8 Å². The molecule has 1 saturated heterocycles. The van der Waals surface area contributed by atoms with Gasteiger partial charge in [0.2, 0.25) is 0 Å². The standard InChI is InChI=1S/C23H27N3S/c1-5-7-10-19(6-2)20-11-12-22-21(25-20)15-23(27-22)17(3)16-24-18(4)26-13-8-9-14-26/h6,10-12,15-16H,2-5,7-9,13-14H2,1H3/b19-10+,24-16?. The second-order valence-electron chi connectivity index (χ2n) is 6.74. The molecule has 4 heteroatoms. The van der Waals surface area contributed by atoms with Gasteiger partial charge >= 0.3 is 0 Å². The van der Waals surface area contributed by atoms with Crippen LogP contribution in [0.3, 0.4) is 0 Å². The molecule has 2 aromatic rings. The summed E-state index contributed by atoms with van der Waals surface area (Å²) in [6.07, 6.45) is 10.5. The third-order valence-corrected chi connectivity index (χ3v) is 5.86. The van der Waals surface area contributed by atoms with Crippen LogP contribution in [-0.4, -0.2) is 29.2 Å². The lowest BCUT2D eigenvalue weighted by Crippen LogP contribution is -2.16. The minimum absolute atomic E-state index is 0.826. The van der Waals surface area contributed by atoms with E-state index in [-0.39, 0.29) is 0 Å². The molecule has 1 aliphatic rings. The number of hydrogen-bond donors (Lipinski definition) is 0. The molecule has 3 nitrogen and oxygen atoms in total. The van der Waals surface area contributed by atoms with Gasteiger partial charge in [-0.2, -0.15) is 0 Å². The Kier molecular flexibility index (Phi) is 6.40. The van der Waals surface area contributed by atoms with E-state index < -0.39 is 0 Å². The van der Waals surface area contributed by atoms with Gasteiger partial charge < -0.3 is 4.90 Å². The zero-order chi connectivity index (χ0) is 19.2. The lowest BCUT2D eigenvalue weighted by atomic mass is 10.1. The van der Waals surface area contributed by atoms with Crippen molar-refractivity contribution in [2.24, 2.45) is 4.99 Å². The van der Waals surface area contributed by atoms with Gasteiger partial charge in [-0.05, 0) is 43.0 Å². The van der Waals surface area contributed by atoms with E-state index in [1.807, 2.05) is 12.3 Å². The number of pyridine rings is 1. The largest absolute Gasteiger partial charge is 0.357 e. The van der Waals surface area contributed by atoms with Crippen LogP contribution in [0.25, 0.3) is 21.4 Å². The molecule has 0 aromatic carbocycles. The highest BCUT2D eigenvalue weighted by atomic mass is 32.1. The monoisotopic (exact) mass is 377 g/mol. The Balaban J connectivity index is 1.78. The number of unbranched alkanes of at least 4 members (excludes halogenated alkanes) is 1.